The van der Waals surface area contributed by atoms with E-state index in [9.17, 15) is 4.79 Å². The van der Waals surface area contributed by atoms with Crippen molar-refractivity contribution in [2.24, 2.45) is 0 Å². The molecule has 0 heterocycles. The van der Waals surface area contributed by atoms with Crippen LogP contribution in [0.2, 0.25) is 0 Å². The molecule has 4 rings (SSSR count). The third kappa shape index (κ3) is 3.02. The van der Waals surface area contributed by atoms with Crippen LogP contribution in [-0.2, 0) is 28.8 Å². The van der Waals surface area contributed by atoms with Crippen LogP contribution >= 0.6 is 0 Å². The second-order valence-corrected chi connectivity index (χ2v) is 7.99. The van der Waals surface area contributed by atoms with Crippen LogP contribution in [0.15, 0.2) is 42.0 Å². The second kappa shape index (κ2) is 5.87. The molecule has 2 aliphatic carbocycles. The summed E-state index contributed by atoms with van der Waals surface area (Å²) in [7, 11) is 0. The molecular weight excluding hydrogens is 308 g/mol. The molecule has 2 aromatic carbocycles. The number of rotatable bonds is 1. The van der Waals surface area contributed by atoms with Gasteiger partial charge in [-0.05, 0) is 85.9 Å². The molecule has 0 atom stereocenters. The summed E-state index contributed by atoms with van der Waals surface area (Å²) in [5.74, 6) is -0.179. The van der Waals surface area contributed by atoms with Crippen LogP contribution in [0.5, 0.6) is 0 Å². The van der Waals surface area contributed by atoms with Crippen LogP contribution in [0.25, 0.3) is 17.2 Å². The standard InChI is InChI=1S/C23H24O2/c1-23(2,3)25-22(24)17-10-11-19-16(14-17)9-13-20-18-7-5-4-6-15(18)8-12-21(19)20/h4-7,9,13-14H,8,10-12H2,1-3H3. The first-order valence-corrected chi connectivity index (χ1v) is 9.09. The Morgan fingerprint density at radius 3 is 2.44 bits per heavy atom. The predicted molar refractivity (Wildman–Crippen MR) is 101 cm³/mol. The van der Waals surface area contributed by atoms with E-state index >= 15 is 0 Å². The average molecular weight is 332 g/mol. The maximum Gasteiger partial charge on any atom is 0.334 e. The van der Waals surface area contributed by atoms with Gasteiger partial charge >= 0.3 is 5.97 Å². The van der Waals surface area contributed by atoms with Gasteiger partial charge in [-0.1, -0.05) is 36.4 Å². The molecule has 0 fully saturated rings. The Bertz CT molecular complexity index is 881. The topological polar surface area (TPSA) is 26.3 Å². The number of esters is 1. The second-order valence-electron chi connectivity index (χ2n) is 7.99. The van der Waals surface area contributed by atoms with E-state index in [1.807, 2.05) is 26.8 Å². The van der Waals surface area contributed by atoms with E-state index in [-0.39, 0.29) is 5.97 Å². The molecule has 0 amide bonds. The van der Waals surface area contributed by atoms with Gasteiger partial charge in [-0.25, -0.2) is 4.79 Å². The molecule has 2 aromatic rings. The van der Waals surface area contributed by atoms with Gasteiger partial charge in [0.2, 0.25) is 0 Å². The zero-order valence-corrected chi connectivity index (χ0v) is 15.2. The highest BCUT2D eigenvalue weighted by atomic mass is 16.6. The van der Waals surface area contributed by atoms with Gasteiger partial charge in [-0.2, -0.15) is 0 Å². The monoisotopic (exact) mass is 332 g/mol. The summed E-state index contributed by atoms with van der Waals surface area (Å²) in [4.78, 5) is 12.4. The zero-order chi connectivity index (χ0) is 17.6. The fourth-order valence-electron chi connectivity index (χ4n) is 3.96. The van der Waals surface area contributed by atoms with Gasteiger partial charge in [0.25, 0.3) is 0 Å². The number of aryl methyl sites for hydroxylation is 1. The van der Waals surface area contributed by atoms with Crippen LogP contribution < -0.4 is 0 Å². The molecule has 2 heteroatoms. The predicted octanol–water partition coefficient (Wildman–Crippen LogP) is 5.12. The van der Waals surface area contributed by atoms with E-state index in [2.05, 4.69) is 36.4 Å². The van der Waals surface area contributed by atoms with Crippen LogP contribution in [-0.4, -0.2) is 11.6 Å². The Labute approximate surface area is 149 Å². The third-order valence-corrected chi connectivity index (χ3v) is 5.05. The molecule has 0 aliphatic heterocycles. The van der Waals surface area contributed by atoms with Crippen molar-refractivity contribution in [2.75, 3.05) is 0 Å². The van der Waals surface area contributed by atoms with E-state index in [4.69, 9.17) is 4.74 Å². The fraction of sp³-hybridized carbons (Fsp3) is 0.348. The first kappa shape index (κ1) is 16.1. The van der Waals surface area contributed by atoms with Crippen LogP contribution in [0.3, 0.4) is 0 Å². The summed E-state index contributed by atoms with van der Waals surface area (Å²) in [6, 6.07) is 13.1. The molecule has 0 radical (unpaired) electrons. The van der Waals surface area contributed by atoms with Gasteiger partial charge in [0.1, 0.15) is 5.60 Å². The number of carbonyl (C=O) groups excluding carboxylic acids is 1. The van der Waals surface area contributed by atoms with Gasteiger partial charge in [0.05, 0.1) is 0 Å². The zero-order valence-electron chi connectivity index (χ0n) is 15.2. The lowest BCUT2D eigenvalue weighted by molar-refractivity contribution is -0.149. The number of ether oxygens (including phenoxy) is 1. The lowest BCUT2D eigenvalue weighted by atomic mass is 9.78. The summed E-state index contributed by atoms with van der Waals surface area (Å²) in [5.41, 5.74) is 8.59. The van der Waals surface area contributed by atoms with Crippen molar-refractivity contribution in [3.05, 3.63) is 64.2 Å². The van der Waals surface area contributed by atoms with Crippen molar-refractivity contribution in [3.8, 4) is 11.1 Å². The SMILES string of the molecule is CC(C)(C)OC(=O)C1=Cc2ccc3c(c2CC1)CCc1ccccc1-3. The molecule has 0 saturated carbocycles. The number of hydrogen-bond donors (Lipinski definition) is 0. The molecule has 0 bridgehead atoms. The van der Waals surface area contributed by atoms with Crippen molar-refractivity contribution < 1.29 is 9.53 Å². The number of carbonyl (C=O) groups is 1. The van der Waals surface area contributed by atoms with Crippen molar-refractivity contribution in [1.82, 2.24) is 0 Å². The minimum Gasteiger partial charge on any atom is -0.457 e. The van der Waals surface area contributed by atoms with Crippen LogP contribution in [0.4, 0.5) is 0 Å². The normalized spacial score (nSPS) is 15.6. The third-order valence-electron chi connectivity index (χ3n) is 5.05. The van der Waals surface area contributed by atoms with Crippen molar-refractivity contribution in [1.29, 1.82) is 0 Å². The molecule has 0 spiro atoms. The molecule has 0 N–H and O–H groups in total. The highest BCUT2D eigenvalue weighted by Crippen LogP contribution is 2.39. The summed E-state index contributed by atoms with van der Waals surface area (Å²) in [6.07, 6.45) is 5.91. The van der Waals surface area contributed by atoms with Crippen molar-refractivity contribution in [2.45, 2.75) is 52.1 Å². The molecule has 2 aliphatic rings. The summed E-state index contributed by atoms with van der Waals surface area (Å²) < 4.78 is 5.54. The highest BCUT2D eigenvalue weighted by molar-refractivity contribution is 5.95. The lowest BCUT2D eigenvalue weighted by Gasteiger charge is -2.27. The Balaban J connectivity index is 1.72. The Morgan fingerprint density at radius 1 is 0.880 bits per heavy atom. The van der Waals surface area contributed by atoms with Gasteiger partial charge in [0.15, 0.2) is 0 Å². The van der Waals surface area contributed by atoms with E-state index < -0.39 is 5.60 Å². The lowest BCUT2D eigenvalue weighted by Crippen LogP contribution is -2.25. The number of benzene rings is 2. The largest absolute Gasteiger partial charge is 0.457 e. The Kier molecular flexibility index (Phi) is 3.79. The first-order chi connectivity index (χ1) is 11.9. The minimum atomic E-state index is -0.447. The minimum absolute atomic E-state index is 0.179. The molecule has 128 valence electrons. The van der Waals surface area contributed by atoms with Gasteiger partial charge in [0, 0.05) is 5.57 Å². The van der Waals surface area contributed by atoms with Crippen molar-refractivity contribution >= 4 is 12.0 Å². The summed E-state index contributed by atoms with van der Waals surface area (Å²) in [6.45, 7) is 5.74. The van der Waals surface area contributed by atoms with Gasteiger partial charge in [-0.3, -0.25) is 0 Å². The molecule has 0 saturated heterocycles. The highest BCUT2D eigenvalue weighted by Gasteiger charge is 2.26. The van der Waals surface area contributed by atoms with Gasteiger partial charge < -0.3 is 4.74 Å². The fourth-order valence-corrected chi connectivity index (χ4v) is 3.96. The first-order valence-electron chi connectivity index (χ1n) is 9.09. The average Bonchev–Trinajstić information content (AvgIpc) is 2.59. The molecule has 0 unspecified atom stereocenters. The molecule has 0 aromatic heterocycles. The van der Waals surface area contributed by atoms with Crippen LogP contribution in [0.1, 0.15) is 49.4 Å². The number of hydrogen-bond acceptors (Lipinski definition) is 2. The summed E-state index contributed by atoms with van der Waals surface area (Å²) in [5, 5.41) is 0. The quantitative estimate of drug-likeness (QED) is 0.677. The molecule has 25 heavy (non-hydrogen) atoms. The van der Waals surface area contributed by atoms with E-state index in [1.54, 1.807) is 0 Å². The summed E-state index contributed by atoms with van der Waals surface area (Å²) >= 11 is 0. The molecular formula is C23H24O2. The van der Waals surface area contributed by atoms with Crippen LogP contribution in [0, 0.1) is 0 Å². The Morgan fingerprint density at radius 2 is 1.64 bits per heavy atom. The van der Waals surface area contributed by atoms with E-state index in [1.165, 1.54) is 33.4 Å². The van der Waals surface area contributed by atoms with E-state index in [0.29, 0.717) is 0 Å². The maximum atomic E-state index is 12.4. The molecule has 2 nitrogen and oxygen atoms in total. The van der Waals surface area contributed by atoms with Crippen molar-refractivity contribution in [3.63, 3.8) is 0 Å². The smallest absolute Gasteiger partial charge is 0.334 e. The van der Waals surface area contributed by atoms with Gasteiger partial charge in [-0.15, -0.1) is 0 Å². The van der Waals surface area contributed by atoms with E-state index in [0.717, 1.165) is 31.3 Å². The Hall–Kier alpha value is -2.35. The number of fused-ring (bicyclic) bond motifs is 5. The maximum absolute atomic E-state index is 12.4.